The van der Waals surface area contributed by atoms with E-state index in [0.717, 1.165) is 22.8 Å². The van der Waals surface area contributed by atoms with Crippen LogP contribution in [0.5, 0.6) is 17.2 Å². The SMILES string of the molecule is COc1ccc(OC)c(CCC(=O)NCCOc2ccc(Cl)cc2)c1. The zero-order chi connectivity index (χ0) is 18.1. The molecule has 0 saturated heterocycles. The monoisotopic (exact) mass is 363 g/mol. The molecule has 0 heterocycles. The fourth-order valence-electron chi connectivity index (χ4n) is 2.30. The van der Waals surface area contributed by atoms with Gasteiger partial charge in [-0.3, -0.25) is 4.79 Å². The van der Waals surface area contributed by atoms with Crippen molar-refractivity contribution in [1.29, 1.82) is 0 Å². The minimum atomic E-state index is -0.0374. The van der Waals surface area contributed by atoms with Crippen LogP contribution < -0.4 is 19.5 Å². The molecule has 0 aliphatic carbocycles. The molecular formula is C19H22ClNO4. The summed E-state index contributed by atoms with van der Waals surface area (Å²) in [6.07, 6.45) is 0.939. The van der Waals surface area contributed by atoms with E-state index in [1.807, 2.05) is 18.2 Å². The van der Waals surface area contributed by atoms with Crippen LogP contribution in [0.2, 0.25) is 5.02 Å². The Labute approximate surface area is 152 Å². The van der Waals surface area contributed by atoms with Gasteiger partial charge in [-0.25, -0.2) is 0 Å². The Morgan fingerprint density at radius 1 is 1.04 bits per heavy atom. The molecule has 0 saturated carbocycles. The van der Waals surface area contributed by atoms with E-state index < -0.39 is 0 Å². The fourth-order valence-corrected chi connectivity index (χ4v) is 2.43. The largest absolute Gasteiger partial charge is 0.497 e. The van der Waals surface area contributed by atoms with Gasteiger partial charge in [-0.1, -0.05) is 11.6 Å². The topological polar surface area (TPSA) is 56.8 Å². The van der Waals surface area contributed by atoms with Crippen LogP contribution in [-0.2, 0) is 11.2 Å². The maximum absolute atomic E-state index is 12.0. The van der Waals surface area contributed by atoms with Gasteiger partial charge in [-0.2, -0.15) is 0 Å². The van der Waals surface area contributed by atoms with E-state index in [2.05, 4.69) is 5.32 Å². The number of carbonyl (C=O) groups excluding carboxylic acids is 1. The molecule has 25 heavy (non-hydrogen) atoms. The highest BCUT2D eigenvalue weighted by atomic mass is 35.5. The molecule has 2 rings (SSSR count). The summed E-state index contributed by atoms with van der Waals surface area (Å²) < 4.78 is 16.1. The van der Waals surface area contributed by atoms with Gasteiger partial charge in [0, 0.05) is 11.4 Å². The summed E-state index contributed by atoms with van der Waals surface area (Å²) in [7, 11) is 3.22. The predicted octanol–water partition coefficient (Wildman–Crippen LogP) is 3.49. The first-order chi connectivity index (χ1) is 12.1. The second kappa shape index (κ2) is 9.79. The number of ether oxygens (including phenoxy) is 3. The molecule has 5 nitrogen and oxygen atoms in total. The molecule has 1 amide bonds. The van der Waals surface area contributed by atoms with Crippen molar-refractivity contribution in [1.82, 2.24) is 5.32 Å². The van der Waals surface area contributed by atoms with Crippen molar-refractivity contribution in [3.8, 4) is 17.2 Å². The fraction of sp³-hybridized carbons (Fsp3) is 0.316. The van der Waals surface area contributed by atoms with Crippen LogP contribution in [0.15, 0.2) is 42.5 Å². The van der Waals surface area contributed by atoms with Gasteiger partial charge in [0.2, 0.25) is 5.91 Å². The minimum absolute atomic E-state index is 0.0374. The molecule has 0 aromatic heterocycles. The molecular weight excluding hydrogens is 342 g/mol. The first-order valence-corrected chi connectivity index (χ1v) is 8.36. The lowest BCUT2D eigenvalue weighted by Gasteiger charge is -2.11. The van der Waals surface area contributed by atoms with Crippen LogP contribution in [0.3, 0.4) is 0 Å². The number of carbonyl (C=O) groups is 1. The maximum atomic E-state index is 12.0. The van der Waals surface area contributed by atoms with Crippen molar-refractivity contribution in [3.05, 3.63) is 53.1 Å². The van der Waals surface area contributed by atoms with E-state index >= 15 is 0 Å². The summed E-state index contributed by atoms with van der Waals surface area (Å²) in [5.74, 6) is 2.18. The van der Waals surface area contributed by atoms with Gasteiger partial charge in [0.25, 0.3) is 0 Å². The van der Waals surface area contributed by atoms with Crippen molar-refractivity contribution < 1.29 is 19.0 Å². The third-order valence-electron chi connectivity index (χ3n) is 3.62. The molecule has 2 aromatic carbocycles. The van der Waals surface area contributed by atoms with Crippen LogP contribution in [0.4, 0.5) is 0 Å². The van der Waals surface area contributed by atoms with E-state index in [9.17, 15) is 4.79 Å². The van der Waals surface area contributed by atoms with Crippen LogP contribution in [0.1, 0.15) is 12.0 Å². The average molecular weight is 364 g/mol. The van der Waals surface area contributed by atoms with Gasteiger partial charge in [0.15, 0.2) is 0 Å². The van der Waals surface area contributed by atoms with Gasteiger partial charge in [-0.15, -0.1) is 0 Å². The number of benzene rings is 2. The van der Waals surface area contributed by atoms with Gasteiger partial charge in [-0.05, 0) is 54.4 Å². The summed E-state index contributed by atoms with van der Waals surface area (Å²) in [5, 5.41) is 3.50. The summed E-state index contributed by atoms with van der Waals surface area (Å²) in [5.41, 5.74) is 0.939. The predicted molar refractivity (Wildman–Crippen MR) is 97.8 cm³/mol. The molecule has 0 aliphatic rings. The molecule has 0 fully saturated rings. The number of halogens is 1. The molecule has 0 aliphatic heterocycles. The quantitative estimate of drug-likeness (QED) is 0.693. The third kappa shape index (κ3) is 6.19. The van der Waals surface area contributed by atoms with E-state index in [-0.39, 0.29) is 5.91 Å². The van der Waals surface area contributed by atoms with Crippen LogP contribution in [0, 0.1) is 0 Å². The second-order valence-corrected chi connectivity index (χ2v) is 5.77. The number of rotatable bonds is 9. The van der Waals surface area contributed by atoms with Crippen molar-refractivity contribution >= 4 is 17.5 Å². The number of nitrogens with one attached hydrogen (secondary N) is 1. The number of hydrogen-bond donors (Lipinski definition) is 1. The van der Waals surface area contributed by atoms with Crippen LogP contribution >= 0.6 is 11.6 Å². The Morgan fingerprint density at radius 3 is 2.44 bits per heavy atom. The summed E-state index contributed by atoms with van der Waals surface area (Å²) in [6.45, 7) is 0.840. The molecule has 0 atom stereocenters. The molecule has 134 valence electrons. The van der Waals surface area contributed by atoms with Crippen molar-refractivity contribution in [3.63, 3.8) is 0 Å². The number of methoxy groups -OCH3 is 2. The molecule has 0 bridgehead atoms. The number of amides is 1. The molecule has 0 unspecified atom stereocenters. The second-order valence-electron chi connectivity index (χ2n) is 5.33. The van der Waals surface area contributed by atoms with E-state index in [0.29, 0.717) is 31.0 Å². The number of hydrogen-bond acceptors (Lipinski definition) is 4. The third-order valence-corrected chi connectivity index (χ3v) is 3.87. The normalized spacial score (nSPS) is 10.2. The van der Waals surface area contributed by atoms with Crippen molar-refractivity contribution in [2.24, 2.45) is 0 Å². The average Bonchev–Trinajstić information content (AvgIpc) is 2.64. The first-order valence-electron chi connectivity index (χ1n) is 7.98. The highest BCUT2D eigenvalue weighted by molar-refractivity contribution is 6.30. The maximum Gasteiger partial charge on any atom is 0.220 e. The van der Waals surface area contributed by atoms with Crippen LogP contribution in [0.25, 0.3) is 0 Å². The van der Waals surface area contributed by atoms with E-state index in [1.54, 1.807) is 38.5 Å². The van der Waals surface area contributed by atoms with Crippen molar-refractivity contribution in [2.75, 3.05) is 27.4 Å². The van der Waals surface area contributed by atoms with E-state index in [1.165, 1.54) is 0 Å². The Morgan fingerprint density at radius 2 is 1.76 bits per heavy atom. The minimum Gasteiger partial charge on any atom is -0.497 e. The summed E-state index contributed by atoms with van der Waals surface area (Å²) >= 11 is 5.81. The zero-order valence-corrected chi connectivity index (χ0v) is 15.1. The Balaban J connectivity index is 1.72. The summed E-state index contributed by atoms with van der Waals surface area (Å²) in [4.78, 5) is 12.0. The highest BCUT2D eigenvalue weighted by Crippen LogP contribution is 2.25. The zero-order valence-electron chi connectivity index (χ0n) is 14.4. The van der Waals surface area contributed by atoms with E-state index in [4.69, 9.17) is 25.8 Å². The van der Waals surface area contributed by atoms with Gasteiger partial charge < -0.3 is 19.5 Å². The molecule has 1 N–H and O–H groups in total. The lowest BCUT2D eigenvalue weighted by molar-refractivity contribution is -0.121. The summed E-state index contributed by atoms with van der Waals surface area (Å²) in [6, 6.07) is 12.7. The number of aryl methyl sites for hydroxylation is 1. The molecule has 0 spiro atoms. The van der Waals surface area contributed by atoms with Gasteiger partial charge in [0.1, 0.15) is 23.9 Å². The Kier molecular flexibility index (Phi) is 7.41. The smallest absolute Gasteiger partial charge is 0.220 e. The lowest BCUT2D eigenvalue weighted by atomic mass is 10.1. The van der Waals surface area contributed by atoms with Gasteiger partial charge in [0.05, 0.1) is 20.8 Å². The first kappa shape index (κ1) is 18.9. The van der Waals surface area contributed by atoms with Gasteiger partial charge >= 0.3 is 0 Å². The van der Waals surface area contributed by atoms with Crippen LogP contribution in [-0.4, -0.2) is 33.3 Å². The standard InChI is InChI=1S/C19H22ClNO4/c1-23-17-8-9-18(24-2)14(13-17)3-10-19(22)21-11-12-25-16-6-4-15(20)5-7-16/h4-9,13H,3,10-12H2,1-2H3,(H,21,22). The lowest BCUT2D eigenvalue weighted by Crippen LogP contribution is -2.28. The highest BCUT2D eigenvalue weighted by Gasteiger charge is 2.08. The Bertz CT molecular complexity index is 688. The Hall–Kier alpha value is -2.40. The molecule has 2 aromatic rings. The molecule has 0 radical (unpaired) electrons. The molecule has 6 heteroatoms. The van der Waals surface area contributed by atoms with Crippen molar-refractivity contribution in [2.45, 2.75) is 12.8 Å².